The Morgan fingerprint density at radius 2 is 1.83 bits per heavy atom. The predicted octanol–water partition coefficient (Wildman–Crippen LogP) is 5.20. The standard InChI is InChI=1S/C21H14Cl2N2O4/c1-2-25-18(29-14-6-3-12(11-24)4-7-14)10-17(26)19(21(27)28)20(25)13-5-8-15(22)16(23)9-13/h3-10H,2H2,1H3,(H,27,28). The molecule has 0 aliphatic heterocycles. The topological polar surface area (TPSA) is 92.3 Å². The van der Waals surface area contributed by atoms with E-state index in [1.165, 1.54) is 12.1 Å². The molecule has 0 spiro atoms. The summed E-state index contributed by atoms with van der Waals surface area (Å²) in [4.78, 5) is 24.4. The maximum absolute atomic E-state index is 12.6. The van der Waals surface area contributed by atoms with Gasteiger partial charge in [-0.2, -0.15) is 5.26 Å². The zero-order chi connectivity index (χ0) is 21.1. The molecular weight excluding hydrogens is 415 g/mol. The van der Waals surface area contributed by atoms with Crippen molar-refractivity contribution < 1.29 is 14.6 Å². The van der Waals surface area contributed by atoms with Gasteiger partial charge in [0.05, 0.1) is 27.4 Å². The van der Waals surface area contributed by atoms with Crippen LogP contribution in [0.15, 0.2) is 53.3 Å². The number of rotatable bonds is 5. The molecule has 8 heteroatoms. The predicted molar refractivity (Wildman–Crippen MR) is 110 cm³/mol. The number of ether oxygens (including phenoxy) is 1. The summed E-state index contributed by atoms with van der Waals surface area (Å²) in [6.45, 7) is 2.12. The number of hydrogen-bond donors (Lipinski definition) is 1. The fraction of sp³-hybridized carbons (Fsp3) is 0.0952. The Kier molecular flexibility index (Phi) is 5.92. The van der Waals surface area contributed by atoms with Crippen molar-refractivity contribution in [3.05, 3.63) is 79.9 Å². The number of aromatic carboxylic acids is 1. The summed E-state index contributed by atoms with van der Waals surface area (Å²) in [5, 5.41) is 19.1. The minimum Gasteiger partial charge on any atom is -0.477 e. The van der Waals surface area contributed by atoms with Crippen LogP contribution in [0.4, 0.5) is 0 Å². The van der Waals surface area contributed by atoms with E-state index < -0.39 is 17.0 Å². The number of carboxylic acids is 1. The van der Waals surface area contributed by atoms with E-state index >= 15 is 0 Å². The highest BCUT2D eigenvalue weighted by Gasteiger charge is 2.23. The van der Waals surface area contributed by atoms with Gasteiger partial charge in [-0.1, -0.05) is 29.3 Å². The van der Waals surface area contributed by atoms with E-state index in [4.69, 9.17) is 33.2 Å². The van der Waals surface area contributed by atoms with Gasteiger partial charge in [0.1, 0.15) is 11.3 Å². The third kappa shape index (κ3) is 4.11. The Balaban J connectivity index is 2.24. The Morgan fingerprint density at radius 1 is 1.14 bits per heavy atom. The highest BCUT2D eigenvalue weighted by atomic mass is 35.5. The van der Waals surface area contributed by atoms with E-state index in [-0.39, 0.29) is 16.6 Å². The van der Waals surface area contributed by atoms with Crippen LogP contribution in [0.5, 0.6) is 11.6 Å². The number of pyridine rings is 1. The number of carboxylic acid groups (broad SMARTS) is 1. The minimum absolute atomic E-state index is 0.160. The van der Waals surface area contributed by atoms with Gasteiger partial charge in [0, 0.05) is 18.2 Å². The van der Waals surface area contributed by atoms with Crippen molar-refractivity contribution in [2.75, 3.05) is 0 Å². The summed E-state index contributed by atoms with van der Waals surface area (Å²) in [5.41, 5.74) is -0.0528. The fourth-order valence-corrected chi connectivity index (χ4v) is 3.19. The summed E-state index contributed by atoms with van der Waals surface area (Å²) in [7, 11) is 0. The zero-order valence-corrected chi connectivity index (χ0v) is 16.7. The van der Waals surface area contributed by atoms with Gasteiger partial charge < -0.3 is 14.4 Å². The molecule has 146 valence electrons. The van der Waals surface area contributed by atoms with Crippen LogP contribution in [-0.2, 0) is 6.54 Å². The van der Waals surface area contributed by atoms with Gasteiger partial charge >= 0.3 is 5.97 Å². The number of hydrogen-bond acceptors (Lipinski definition) is 4. The van der Waals surface area contributed by atoms with Crippen LogP contribution in [0.1, 0.15) is 22.8 Å². The molecule has 0 unspecified atom stereocenters. The molecule has 0 saturated heterocycles. The molecule has 2 aromatic carbocycles. The Hall–Kier alpha value is -3.27. The third-order valence-electron chi connectivity index (χ3n) is 4.20. The first-order valence-corrected chi connectivity index (χ1v) is 9.25. The molecule has 3 aromatic rings. The van der Waals surface area contributed by atoms with Crippen molar-refractivity contribution in [3.8, 4) is 29.0 Å². The van der Waals surface area contributed by atoms with Crippen LogP contribution >= 0.6 is 23.2 Å². The second-order valence-corrected chi connectivity index (χ2v) is 6.80. The molecule has 0 aliphatic carbocycles. The van der Waals surface area contributed by atoms with Gasteiger partial charge in [-0.25, -0.2) is 4.79 Å². The molecule has 0 amide bonds. The van der Waals surface area contributed by atoms with Gasteiger partial charge in [-0.3, -0.25) is 4.79 Å². The number of benzene rings is 2. The number of nitrogens with zero attached hydrogens (tertiary/aromatic N) is 2. The Morgan fingerprint density at radius 3 is 2.38 bits per heavy atom. The monoisotopic (exact) mass is 428 g/mol. The quantitative estimate of drug-likeness (QED) is 0.602. The average molecular weight is 429 g/mol. The van der Waals surface area contributed by atoms with Crippen molar-refractivity contribution in [1.29, 1.82) is 5.26 Å². The first-order chi connectivity index (χ1) is 13.8. The molecular formula is C21H14Cl2N2O4. The van der Waals surface area contributed by atoms with Crippen molar-refractivity contribution in [1.82, 2.24) is 4.57 Å². The third-order valence-corrected chi connectivity index (χ3v) is 4.94. The highest BCUT2D eigenvalue weighted by Crippen LogP contribution is 2.33. The van der Waals surface area contributed by atoms with Crippen molar-refractivity contribution in [2.45, 2.75) is 13.5 Å². The van der Waals surface area contributed by atoms with Crippen molar-refractivity contribution >= 4 is 29.2 Å². The van der Waals surface area contributed by atoms with Crippen LogP contribution in [0.2, 0.25) is 10.0 Å². The van der Waals surface area contributed by atoms with Gasteiger partial charge in [0.25, 0.3) is 0 Å². The number of carbonyl (C=O) groups is 1. The molecule has 0 bridgehead atoms. The number of halogens is 2. The highest BCUT2D eigenvalue weighted by molar-refractivity contribution is 6.42. The Bertz CT molecular complexity index is 1200. The summed E-state index contributed by atoms with van der Waals surface area (Å²) in [5.74, 6) is -0.801. The van der Waals surface area contributed by atoms with E-state index in [1.807, 2.05) is 6.07 Å². The zero-order valence-electron chi connectivity index (χ0n) is 15.1. The van der Waals surface area contributed by atoms with Gasteiger partial charge in [-0.05, 0) is 43.3 Å². The number of nitriles is 1. The summed E-state index contributed by atoms with van der Waals surface area (Å²) >= 11 is 12.1. The van der Waals surface area contributed by atoms with Crippen LogP contribution in [0, 0.1) is 11.3 Å². The average Bonchev–Trinajstić information content (AvgIpc) is 2.70. The largest absolute Gasteiger partial charge is 0.477 e. The molecule has 1 heterocycles. The lowest BCUT2D eigenvalue weighted by molar-refractivity contribution is 0.0695. The Labute approximate surface area is 176 Å². The first kappa shape index (κ1) is 20.5. The van der Waals surface area contributed by atoms with E-state index in [1.54, 1.807) is 41.8 Å². The maximum Gasteiger partial charge on any atom is 0.341 e. The van der Waals surface area contributed by atoms with E-state index in [0.29, 0.717) is 28.4 Å². The first-order valence-electron chi connectivity index (χ1n) is 8.50. The van der Waals surface area contributed by atoms with Crippen LogP contribution in [-0.4, -0.2) is 15.6 Å². The van der Waals surface area contributed by atoms with Crippen molar-refractivity contribution in [2.24, 2.45) is 0 Å². The summed E-state index contributed by atoms with van der Waals surface area (Å²) in [6, 6.07) is 14.1. The molecule has 29 heavy (non-hydrogen) atoms. The molecule has 0 aliphatic rings. The van der Waals surface area contributed by atoms with E-state index in [2.05, 4.69) is 0 Å². The molecule has 0 atom stereocenters. The molecule has 0 saturated carbocycles. The lowest BCUT2D eigenvalue weighted by Gasteiger charge is -2.19. The smallest absolute Gasteiger partial charge is 0.341 e. The van der Waals surface area contributed by atoms with Crippen molar-refractivity contribution in [3.63, 3.8) is 0 Å². The van der Waals surface area contributed by atoms with Crippen LogP contribution in [0.25, 0.3) is 11.3 Å². The molecule has 6 nitrogen and oxygen atoms in total. The SMILES string of the molecule is CCn1c(Oc2ccc(C#N)cc2)cc(=O)c(C(=O)O)c1-c1ccc(Cl)c(Cl)c1. The molecule has 1 aromatic heterocycles. The van der Waals surface area contributed by atoms with Gasteiger partial charge in [0.15, 0.2) is 0 Å². The normalized spacial score (nSPS) is 10.4. The molecule has 3 rings (SSSR count). The fourth-order valence-electron chi connectivity index (χ4n) is 2.89. The lowest BCUT2D eigenvalue weighted by Crippen LogP contribution is -2.21. The molecule has 0 fully saturated rings. The maximum atomic E-state index is 12.6. The van der Waals surface area contributed by atoms with Gasteiger partial charge in [0.2, 0.25) is 11.3 Å². The lowest BCUT2D eigenvalue weighted by atomic mass is 10.0. The summed E-state index contributed by atoms with van der Waals surface area (Å²) < 4.78 is 7.41. The minimum atomic E-state index is -1.36. The molecule has 0 radical (unpaired) electrons. The molecule has 1 N–H and O–H groups in total. The van der Waals surface area contributed by atoms with Crippen LogP contribution < -0.4 is 10.2 Å². The second-order valence-electron chi connectivity index (χ2n) is 5.99. The number of aromatic nitrogens is 1. The van der Waals surface area contributed by atoms with E-state index in [0.717, 1.165) is 6.07 Å². The van der Waals surface area contributed by atoms with Gasteiger partial charge in [-0.15, -0.1) is 0 Å². The van der Waals surface area contributed by atoms with E-state index in [9.17, 15) is 14.7 Å². The van der Waals surface area contributed by atoms with Crippen LogP contribution in [0.3, 0.4) is 0 Å². The second kappa shape index (κ2) is 8.39. The summed E-state index contributed by atoms with van der Waals surface area (Å²) in [6.07, 6.45) is 0.